The summed E-state index contributed by atoms with van der Waals surface area (Å²) < 4.78 is 0. The molecule has 0 fully saturated rings. The Morgan fingerprint density at radius 1 is 1.35 bits per heavy atom. The molecule has 0 aromatic heterocycles. The van der Waals surface area contributed by atoms with Crippen LogP contribution in [-0.2, 0) is 11.3 Å². The van der Waals surface area contributed by atoms with Gasteiger partial charge in [-0.2, -0.15) is 0 Å². The fourth-order valence-corrected chi connectivity index (χ4v) is 1.91. The van der Waals surface area contributed by atoms with E-state index in [1.54, 1.807) is 7.05 Å². The van der Waals surface area contributed by atoms with E-state index in [1.165, 1.54) is 0 Å². The number of likely N-dealkylation sites (N-methyl/N-ethyl adjacent to an activating group) is 1. The monoisotopic (exact) mass is 274 g/mol. The van der Waals surface area contributed by atoms with Crippen molar-refractivity contribution < 1.29 is 9.90 Å². The highest BCUT2D eigenvalue weighted by Crippen LogP contribution is 2.07. The zero-order valence-corrected chi connectivity index (χ0v) is 12.1. The molecular weight excluding hydrogens is 252 g/mol. The van der Waals surface area contributed by atoms with Crippen LogP contribution in [0.15, 0.2) is 24.3 Å². The SMILES string of the molecule is CCCN(CC(=O)NC)Cc1ccc(C#CCO)cc1. The number of nitrogens with zero attached hydrogens (tertiary/aromatic N) is 1. The van der Waals surface area contributed by atoms with Crippen LogP contribution in [0, 0.1) is 11.8 Å². The molecule has 4 heteroatoms. The lowest BCUT2D eigenvalue weighted by atomic mass is 10.1. The van der Waals surface area contributed by atoms with Crippen LogP contribution in [-0.4, -0.2) is 42.7 Å². The second kappa shape index (κ2) is 9.13. The number of nitrogens with one attached hydrogen (secondary N) is 1. The van der Waals surface area contributed by atoms with E-state index in [0.717, 1.165) is 30.6 Å². The molecule has 0 aliphatic rings. The third-order valence-corrected chi connectivity index (χ3v) is 2.86. The number of hydrogen-bond acceptors (Lipinski definition) is 3. The third kappa shape index (κ3) is 5.87. The maximum atomic E-state index is 11.5. The Morgan fingerprint density at radius 2 is 2.05 bits per heavy atom. The number of carbonyl (C=O) groups excluding carboxylic acids is 1. The van der Waals surface area contributed by atoms with Crippen molar-refractivity contribution in [3.63, 3.8) is 0 Å². The number of amides is 1. The number of rotatable bonds is 6. The van der Waals surface area contributed by atoms with Crippen molar-refractivity contribution >= 4 is 5.91 Å². The van der Waals surface area contributed by atoms with E-state index in [2.05, 4.69) is 29.0 Å². The van der Waals surface area contributed by atoms with E-state index in [0.29, 0.717) is 6.54 Å². The maximum absolute atomic E-state index is 11.5. The van der Waals surface area contributed by atoms with Crippen LogP contribution in [0.25, 0.3) is 0 Å². The smallest absolute Gasteiger partial charge is 0.233 e. The van der Waals surface area contributed by atoms with Gasteiger partial charge in [-0.3, -0.25) is 9.69 Å². The molecule has 0 bridgehead atoms. The molecule has 1 aromatic carbocycles. The molecule has 0 aliphatic carbocycles. The molecule has 108 valence electrons. The van der Waals surface area contributed by atoms with E-state index in [4.69, 9.17) is 5.11 Å². The van der Waals surface area contributed by atoms with E-state index < -0.39 is 0 Å². The first-order valence-corrected chi connectivity index (χ1v) is 6.81. The molecule has 0 spiro atoms. The zero-order valence-electron chi connectivity index (χ0n) is 12.1. The summed E-state index contributed by atoms with van der Waals surface area (Å²) in [6.45, 7) is 4.02. The number of carbonyl (C=O) groups is 1. The van der Waals surface area contributed by atoms with Gasteiger partial charge in [0.15, 0.2) is 0 Å². The number of benzene rings is 1. The third-order valence-electron chi connectivity index (χ3n) is 2.86. The first-order chi connectivity index (χ1) is 9.69. The first-order valence-electron chi connectivity index (χ1n) is 6.81. The second-order valence-corrected chi connectivity index (χ2v) is 4.54. The van der Waals surface area contributed by atoms with E-state index in [9.17, 15) is 4.79 Å². The fourth-order valence-electron chi connectivity index (χ4n) is 1.91. The summed E-state index contributed by atoms with van der Waals surface area (Å²) in [5, 5.41) is 11.3. The highest BCUT2D eigenvalue weighted by atomic mass is 16.2. The van der Waals surface area contributed by atoms with Crippen LogP contribution in [0.5, 0.6) is 0 Å². The van der Waals surface area contributed by atoms with Crippen molar-refractivity contribution in [2.24, 2.45) is 0 Å². The van der Waals surface area contributed by atoms with Gasteiger partial charge in [0.2, 0.25) is 5.91 Å². The van der Waals surface area contributed by atoms with Crippen LogP contribution >= 0.6 is 0 Å². The molecule has 20 heavy (non-hydrogen) atoms. The largest absolute Gasteiger partial charge is 0.384 e. The lowest BCUT2D eigenvalue weighted by Gasteiger charge is -2.20. The molecule has 1 rings (SSSR count). The van der Waals surface area contributed by atoms with Crippen LogP contribution < -0.4 is 5.32 Å². The van der Waals surface area contributed by atoms with Gasteiger partial charge in [-0.05, 0) is 30.7 Å². The number of aliphatic hydroxyl groups excluding tert-OH is 1. The minimum absolute atomic E-state index is 0.0314. The summed E-state index contributed by atoms with van der Waals surface area (Å²) in [5.74, 6) is 5.52. The minimum Gasteiger partial charge on any atom is -0.384 e. The van der Waals surface area contributed by atoms with Crippen LogP contribution in [0.1, 0.15) is 24.5 Å². The van der Waals surface area contributed by atoms with Gasteiger partial charge in [0.25, 0.3) is 0 Å². The van der Waals surface area contributed by atoms with E-state index in [1.807, 2.05) is 24.3 Å². The lowest BCUT2D eigenvalue weighted by molar-refractivity contribution is -0.121. The summed E-state index contributed by atoms with van der Waals surface area (Å²) in [4.78, 5) is 13.6. The summed E-state index contributed by atoms with van der Waals surface area (Å²) in [6, 6.07) is 7.88. The maximum Gasteiger partial charge on any atom is 0.233 e. The molecule has 2 N–H and O–H groups in total. The average molecular weight is 274 g/mol. The molecule has 0 unspecified atom stereocenters. The average Bonchev–Trinajstić information content (AvgIpc) is 2.46. The Morgan fingerprint density at radius 3 is 2.60 bits per heavy atom. The van der Waals surface area contributed by atoms with Gasteiger partial charge in [0, 0.05) is 19.2 Å². The predicted molar refractivity (Wildman–Crippen MR) is 80.0 cm³/mol. The number of aliphatic hydroxyl groups is 1. The predicted octanol–water partition coefficient (Wildman–Crippen LogP) is 0.988. The zero-order chi connectivity index (χ0) is 14.8. The molecule has 0 radical (unpaired) electrons. The van der Waals surface area contributed by atoms with Crippen molar-refractivity contribution in [1.29, 1.82) is 0 Å². The van der Waals surface area contributed by atoms with E-state index in [-0.39, 0.29) is 12.5 Å². The Labute approximate surface area is 120 Å². The van der Waals surface area contributed by atoms with E-state index >= 15 is 0 Å². The summed E-state index contributed by atoms with van der Waals surface area (Å²) in [5.41, 5.74) is 2.04. The van der Waals surface area contributed by atoms with Crippen molar-refractivity contribution in [1.82, 2.24) is 10.2 Å². The molecule has 0 saturated heterocycles. The highest BCUT2D eigenvalue weighted by Gasteiger charge is 2.09. The normalized spacial score (nSPS) is 10.0. The fraction of sp³-hybridized carbons (Fsp3) is 0.438. The standard InChI is InChI=1S/C16H22N2O2/c1-3-10-18(13-16(20)17-2)12-15-8-6-14(7-9-15)5-4-11-19/h6-9,19H,3,10-13H2,1-2H3,(H,17,20). The summed E-state index contributed by atoms with van der Waals surface area (Å²) in [7, 11) is 1.65. The lowest BCUT2D eigenvalue weighted by Crippen LogP contribution is -2.35. The molecule has 0 saturated carbocycles. The molecule has 1 amide bonds. The van der Waals surface area contributed by atoms with Crippen molar-refractivity contribution in [3.8, 4) is 11.8 Å². The highest BCUT2D eigenvalue weighted by molar-refractivity contribution is 5.77. The summed E-state index contributed by atoms with van der Waals surface area (Å²) >= 11 is 0. The van der Waals surface area contributed by atoms with Gasteiger partial charge < -0.3 is 10.4 Å². The van der Waals surface area contributed by atoms with Crippen molar-refractivity contribution in [3.05, 3.63) is 35.4 Å². The Kier molecular flexibility index (Phi) is 7.41. The summed E-state index contributed by atoms with van der Waals surface area (Å²) in [6.07, 6.45) is 1.01. The van der Waals surface area contributed by atoms with Crippen molar-refractivity contribution in [2.45, 2.75) is 19.9 Å². The van der Waals surface area contributed by atoms with Crippen LogP contribution in [0.3, 0.4) is 0 Å². The van der Waals surface area contributed by atoms with Crippen LogP contribution in [0.4, 0.5) is 0 Å². The number of hydrogen-bond donors (Lipinski definition) is 2. The van der Waals surface area contributed by atoms with Gasteiger partial charge in [0.1, 0.15) is 6.61 Å². The van der Waals surface area contributed by atoms with Gasteiger partial charge in [0.05, 0.1) is 6.54 Å². The molecule has 1 aromatic rings. The Bertz CT molecular complexity index is 471. The van der Waals surface area contributed by atoms with Gasteiger partial charge in [-0.15, -0.1) is 0 Å². The molecular formula is C16H22N2O2. The molecule has 0 heterocycles. The Balaban J connectivity index is 2.65. The van der Waals surface area contributed by atoms with Crippen molar-refractivity contribution in [2.75, 3.05) is 26.7 Å². The molecule has 4 nitrogen and oxygen atoms in total. The van der Waals surface area contributed by atoms with Gasteiger partial charge >= 0.3 is 0 Å². The quantitative estimate of drug-likeness (QED) is 0.761. The van der Waals surface area contributed by atoms with Gasteiger partial charge in [-0.25, -0.2) is 0 Å². The first kappa shape index (κ1) is 16.2. The minimum atomic E-state index is -0.127. The molecule has 0 atom stereocenters. The Hall–Kier alpha value is -1.83. The topological polar surface area (TPSA) is 52.6 Å². The van der Waals surface area contributed by atoms with Crippen LogP contribution in [0.2, 0.25) is 0 Å². The van der Waals surface area contributed by atoms with Gasteiger partial charge in [-0.1, -0.05) is 30.9 Å². The molecule has 0 aliphatic heterocycles. The second-order valence-electron chi connectivity index (χ2n) is 4.54.